The Kier molecular flexibility index (Phi) is 3.03. The third kappa shape index (κ3) is 2.47. The molecule has 0 atom stereocenters. The number of carbonyl (C=O) groups excluding carboxylic acids is 1. The highest BCUT2D eigenvalue weighted by molar-refractivity contribution is 5.99. The van der Waals surface area contributed by atoms with Gasteiger partial charge in [0.1, 0.15) is 11.4 Å². The maximum Gasteiger partial charge on any atom is 0.268 e. The number of methoxy groups -OCH3 is 1. The summed E-state index contributed by atoms with van der Waals surface area (Å²) in [6, 6.07) is 7.55. The Bertz CT molecular complexity index is 579. The van der Waals surface area contributed by atoms with Crippen molar-refractivity contribution in [3.63, 3.8) is 0 Å². The van der Waals surface area contributed by atoms with Crippen LogP contribution in [0.2, 0.25) is 0 Å². The van der Waals surface area contributed by atoms with Gasteiger partial charge in [0.15, 0.2) is 0 Å². The first kappa shape index (κ1) is 12.5. The van der Waals surface area contributed by atoms with Crippen LogP contribution in [0.4, 0.5) is 0 Å². The number of para-hydroxylation sites is 1. The summed E-state index contributed by atoms with van der Waals surface area (Å²) in [5.41, 5.74) is 1.14. The summed E-state index contributed by atoms with van der Waals surface area (Å²) in [6.45, 7) is 5.86. The Morgan fingerprint density at radius 1 is 1.33 bits per heavy atom. The number of rotatable bonds is 2. The summed E-state index contributed by atoms with van der Waals surface area (Å²) in [7, 11) is 1.62. The number of aromatic nitrogens is 1. The molecule has 0 aliphatic heterocycles. The first-order valence-electron chi connectivity index (χ1n) is 5.89. The predicted octanol–water partition coefficient (Wildman–Crippen LogP) is 2.70. The summed E-state index contributed by atoms with van der Waals surface area (Å²) in [5.74, 6) is 0.628. The molecule has 1 heterocycles. The summed E-state index contributed by atoms with van der Waals surface area (Å²) in [6.07, 6.45) is 0. The lowest BCUT2D eigenvalue weighted by Crippen LogP contribution is -2.40. The number of fused-ring (bicyclic) bond motifs is 1. The fraction of sp³-hybridized carbons (Fsp3) is 0.357. The highest BCUT2D eigenvalue weighted by atomic mass is 16.5. The molecular formula is C14H18N2O2. The molecule has 4 heteroatoms. The van der Waals surface area contributed by atoms with Gasteiger partial charge in [-0.2, -0.15) is 0 Å². The third-order valence-corrected chi connectivity index (χ3v) is 2.57. The molecule has 0 unspecified atom stereocenters. The SMILES string of the molecule is COc1cccc2cc(C(=O)NC(C)(C)C)[nH]c12. The molecule has 0 bridgehead atoms. The van der Waals surface area contributed by atoms with Gasteiger partial charge in [0.05, 0.1) is 12.6 Å². The van der Waals surface area contributed by atoms with Crippen molar-refractivity contribution in [1.29, 1.82) is 0 Å². The molecule has 1 aromatic heterocycles. The van der Waals surface area contributed by atoms with E-state index in [0.29, 0.717) is 5.69 Å². The van der Waals surface area contributed by atoms with Gasteiger partial charge in [-0.3, -0.25) is 4.79 Å². The van der Waals surface area contributed by atoms with Crippen molar-refractivity contribution in [2.75, 3.05) is 7.11 Å². The number of H-pyrrole nitrogens is 1. The van der Waals surface area contributed by atoms with E-state index < -0.39 is 0 Å². The molecule has 0 saturated heterocycles. The first-order valence-corrected chi connectivity index (χ1v) is 5.89. The summed E-state index contributed by atoms with van der Waals surface area (Å²) >= 11 is 0. The minimum atomic E-state index is -0.252. The predicted molar refractivity (Wildman–Crippen MR) is 72.1 cm³/mol. The highest BCUT2D eigenvalue weighted by Gasteiger charge is 2.17. The van der Waals surface area contributed by atoms with E-state index in [1.165, 1.54) is 0 Å². The second-order valence-electron chi connectivity index (χ2n) is 5.31. The molecule has 0 saturated carbocycles. The zero-order chi connectivity index (χ0) is 13.3. The van der Waals surface area contributed by atoms with Crippen LogP contribution in [0, 0.1) is 0 Å². The molecule has 0 aliphatic carbocycles. The lowest BCUT2D eigenvalue weighted by Gasteiger charge is -2.19. The van der Waals surface area contributed by atoms with Crippen molar-refractivity contribution in [1.82, 2.24) is 10.3 Å². The van der Waals surface area contributed by atoms with Gasteiger partial charge in [0, 0.05) is 10.9 Å². The maximum atomic E-state index is 12.0. The molecule has 1 amide bonds. The fourth-order valence-electron chi connectivity index (χ4n) is 1.83. The molecule has 0 radical (unpaired) electrons. The average Bonchev–Trinajstić information content (AvgIpc) is 2.70. The van der Waals surface area contributed by atoms with Gasteiger partial charge in [-0.05, 0) is 32.9 Å². The van der Waals surface area contributed by atoms with Gasteiger partial charge in [0.25, 0.3) is 5.91 Å². The lowest BCUT2D eigenvalue weighted by molar-refractivity contribution is 0.0915. The zero-order valence-corrected chi connectivity index (χ0v) is 11.1. The van der Waals surface area contributed by atoms with E-state index in [9.17, 15) is 4.79 Å². The van der Waals surface area contributed by atoms with E-state index in [4.69, 9.17) is 4.74 Å². The number of hydrogen-bond acceptors (Lipinski definition) is 2. The quantitative estimate of drug-likeness (QED) is 0.856. The number of amides is 1. The molecule has 2 N–H and O–H groups in total. The normalized spacial score (nSPS) is 11.6. The van der Waals surface area contributed by atoms with E-state index in [2.05, 4.69) is 10.3 Å². The van der Waals surface area contributed by atoms with Gasteiger partial charge in [-0.25, -0.2) is 0 Å². The summed E-state index contributed by atoms with van der Waals surface area (Å²) < 4.78 is 5.26. The number of ether oxygens (including phenoxy) is 1. The van der Waals surface area contributed by atoms with E-state index in [1.807, 2.05) is 45.0 Å². The average molecular weight is 246 g/mol. The smallest absolute Gasteiger partial charge is 0.268 e. The molecule has 96 valence electrons. The van der Waals surface area contributed by atoms with Crippen LogP contribution in [0.1, 0.15) is 31.3 Å². The van der Waals surface area contributed by atoms with E-state index in [1.54, 1.807) is 7.11 Å². The van der Waals surface area contributed by atoms with Crippen LogP contribution in [0.25, 0.3) is 10.9 Å². The molecule has 0 spiro atoms. The third-order valence-electron chi connectivity index (χ3n) is 2.57. The molecule has 2 aromatic rings. The molecule has 18 heavy (non-hydrogen) atoms. The van der Waals surface area contributed by atoms with E-state index in [0.717, 1.165) is 16.7 Å². The molecule has 0 fully saturated rings. The van der Waals surface area contributed by atoms with Crippen LogP contribution < -0.4 is 10.1 Å². The molecule has 4 nitrogen and oxygen atoms in total. The van der Waals surface area contributed by atoms with Crippen molar-refractivity contribution in [2.24, 2.45) is 0 Å². The van der Waals surface area contributed by atoms with Crippen molar-refractivity contribution in [3.8, 4) is 5.75 Å². The maximum absolute atomic E-state index is 12.0. The van der Waals surface area contributed by atoms with Crippen LogP contribution in [0.5, 0.6) is 5.75 Å². The van der Waals surface area contributed by atoms with Gasteiger partial charge in [-0.1, -0.05) is 12.1 Å². The van der Waals surface area contributed by atoms with E-state index >= 15 is 0 Å². The highest BCUT2D eigenvalue weighted by Crippen LogP contribution is 2.25. The standard InChI is InChI=1S/C14H18N2O2/c1-14(2,3)16-13(17)10-8-9-6-5-7-11(18-4)12(9)15-10/h5-8,15H,1-4H3,(H,16,17). The fourth-order valence-corrected chi connectivity index (χ4v) is 1.83. The van der Waals surface area contributed by atoms with Gasteiger partial charge in [-0.15, -0.1) is 0 Å². The number of benzene rings is 1. The largest absolute Gasteiger partial charge is 0.495 e. The number of nitrogens with one attached hydrogen (secondary N) is 2. The molecular weight excluding hydrogens is 228 g/mol. The second-order valence-corrected chi connectivity index (χ2v) is 5.31. The Morgan fingerprint density at radius 3 is 2.67 bits per heavy atom. The van der Waals surface area contributed by atoms with Crippen molar-refractivity contribution >= 4 is 16.8 Å². The number of hydrogen-bond donors (Lipinski definition) is 2. The Labute approximate surface area is 106 Å². The van der Waals surface area contributed by atoms with Crippen LogP contribution in [0.3, 0.4) is 0 Å². The first-order chi connectivity index (χ1) is 8.40. The molecule has 2 rings (SSSR count). The number of aromatic amines is 1. The Hall–Kier alpha value is -1.97. The van der Waals surface area contributed by atoms with Crippen molar-refractivity contribution in [3.05, 3.63) is 30.0 Å². The second kappa shape index (κ2) is 4.37. The summed E-state index contributed by atoms with van der Waals surface area (Å²) in [5, 5.41) is 3.89. The minimum absolute atomic E-state index is 0.110. The Morgan fingerprint density at radius 2 is 2.06 bits per heavy atom. The van der Waals surface area contributed by atoms with Gasteiger partial charge >= 0.3 is 0 Å². The monoisotopic (exact) mass is 246 g/mol. The Balaban J connectivity index is 2.39. The number of carbonyl (C=O) groups is 1. The minimum Gasteiger partial charge on any atom is -0.495 e. The van der Waals surface area contributed by atoms with Gasteiger partial charge in [0.2, 0.25) is 0 Å². The zero-order valence-electron chi connectivity index (χ0n) is 11.1. The molecule has 1 aromatic carbocycles. The van der Waals surface area contributed by atoms with Crippen molar-refractivity contribution < 1.29 is 9.53 Å². The van der Waals surface area contributed by atoms with Crippen LogP contribution in [0.15, 0.2) is 24.3 Å². The molecule has 0 aliphatic rings. The van der Waals surface area contributed by atoms with Crippen LogP contribution in [-0.4, -0.2) is 23.5 Å². The summed E-state index contributed by atoms with van der Waals surface area (Å²) in [4.78, 5) is 15.1. The van der Waals surface area contributed by atoms with Crippen molar-refractivity contribution in [2.45, 2.75) is 26.3 Å². The van der Waals surface area contributed by atoms with Gasteiger partial charge < -0.3 is 15.0 Å². The topological polar surface area (TPSA) is 54.1 Å². The lowest BCUT2D eigenvalue weighted by atomic mass is 10.1. The van der Waals surface area contributed by atoms with Crippen LogP contribution in [-0.2, 0) is 0 Å². The van der Waals surface area contributed by atoms with E-state index in [-0.39, 0.29) is 11.4 Å². The van der Waals surface area contributed by atoms with Crippen LogP contribution >= 0.6 is 0 Å².